The minimum atomic E-state index is -0.583. The van der Waals surface area contributed by atoms with Gasteiger partial charge in [0.25, 0.3) is 0 Å². The molecule has 182 valence electrons. The fraction of sp³-hybridized carbons (Fsp3) is 0.636. The van der Waals surface area contributed by atoms with Crippen molar-refractivity contribution in [3.05, 3.63) is 29.8 Å². The zero-order valence-corrected chi connectivity index (χ0v) is 21.1. The number of ether oxygens (including phenoxy) is 1. The van der Waals surface area contributed by atoms with Gasteiger partial charge in [-0.2, -0.15) is 0 Å². The van der Waals surface area contributed by atoms with Crippen molar-refractivity contribution in [2.45, 2.75) is 18.8 Å². The molecule has 0 radical (unpaired) electrons. The maximum absolute atomic E-state index is 12.7. The Balaban J connectivity index is 0.00000512. The van der Waals surface area contributed by atoms with Gasteiger partial charge >= 0.3 is 0 Å². The average molecular weight is 530 g/mol. The van der Waals surface area contributed by atoms with E-state index in [0.29, 0.717) is 75.8 Å². The summed E-state index contributed by atoms with van der Waals surface area (Å²) < 4.78 is 5.81. The summed E-state index contributed by atoms with van der Waals surface area (Å²) in [6, 6.07) is 7.61. The number of benzene rings is 1. The van der Waals surface area contributed by atoms with E-state index in [0.717, 1.165) is 11.3 Å². The van der Waals surface area contributed by atoms with Crippen molar-refractivity contribution < 1.29 is 19.8 Å². The molecular weight excluding hydrogens is 498 g/mol. The molecule has 1 aromatic carbocycles. The number of hydrogen-bond donors (Lipinski definition) is 0. The monoisotopic (exact) mass is 528 g/mol. The first-order valence-electron chi connectivity index (χ1n) is 10.5. The van der Waals surface area contributed by atoms with Crippen LogP contribution in [0.2, 0.25) is 0 Å². The third-order valence-corrected chi connectivity index (χ3v) is 6.16. The van der Waals surface area contributed by atoms with Crippen LogP contribution in [0.1, 0.15) is 24.3 Å². The first-order valence-corrected chi connectivity index (χ1v) is 12.6. The minimum absolute atomic E-state index is 0. The van der Waals surface area contributed by atoms with Crippen molar-refractivity contribution in [1.29, 1.82) is 0 Å². The van der Waals surface area contributed by atoms with E-state index in [1.807, 2.05) is 34.1 Å². The number of carbonyl (C=O) groups excluding carboxylic acids is 2. The van der Waals surface area contributed by atoms with E-state index in [2.05, 4.69) is 0 Å². The van der Waals surface area contributed by atoms with Crippen molar-refractivity contribution in [3.8, 4) is 5.75 Å². The number of rotatable bonds is 14. The highest BCUT2D eigenvalue weighted by Gasteiger charge is 2.36. The van der Waals surface area contributed by atoms with Crippen molar-refractivity contribution in [3.63, 3.8) is 0 Å². The van der Waals surface area contributed by atoms with Crippen molar-refractivity contribution in [2.75, 3.05) is 63.0 Å². The number of ketones is 2. The lowest BCUT2D eigenvalue weighted by Gasteiger charge is -2.30. The van der Waals surface area contributed by atoms with Crippen LogP contribution in [0.15, 0.2) is 24.3 Å². The molecule has 0 spiro atoms. The number of Topliss-reactive ketones (excluding diaryl/α,β-unsaturated/α-hetero) is 2. The van der Waals surface area contributed by atoms with Crippen LogP contribution in [0, 0.1) is 5.92 Å². The zero-order chi connectivity index (χ0) is 22.6. The molecule has 0 atom stereocenters. The summed E-state index contributed by atoms with van der Waals surface area (Å²) in [6.07, 6.45) is 0.733. The first kappa shape index (κ1) is 29.4. The Morgan fingerprint density at radius 1 is 0.781 bits per heavy atom. The second-order valence-corrected chi connectivity index (χ2v) is 9.12. The predicted molar refractivity (Wildman–Crippen MR) is 132 cm³/mol. The van der Waals surface area contributed by atoms with Gasteiger partial charge in [0, 0.05) is 69.1 Å². The van der Waals surface area contributed by atoms with E-state index in [4.69, 9.17) is 51.1 Å². The standard InChI is InChI=1S/C22H30Cl4N2O3.H2O/c23-5-9-27(10-6-24)15-20-21(29)13-18(14-22(20)30)17-1-3-19(4-2-17)31-16-28(11-7-25)12-8-26;/h1-4,18,20H,5-16H2;1H2. The highest BCUT2D eigenvalue weighted by atomic mass is 35.5. The highest BCUT2D eigenvalue weighted by molar-refractivity contribution is 6.18. The van der Waals surface area contributed by atoms with Crippen LogP contribution in [-0.2, 0) is 9.59 Å². The lowest BCUT2D eigenvalue weighted by molar-refractivity contribution is -0.137. The molecule has 0 heterocycles. The average Bonchev–Trinajstić information content (AvgIpc) is 2.75. The van der Waals surface area contributed by atoms with Gasteiger partial charge < -0.3 is 10.2 Å². The summed E-state index contributed by atoms with van der Waals surface area (Å²) in [6.45, 7) is 3.44. The third-order valence-electron chi connectivity index (χ3n) is 5.48. The number of alkyl halides is 4. The lowest BCUT2D eigenvalue weighted by Crippen LogP contribution is -2.42. The van der Waals surface area contributed by atoms with Gasteiger partial charge in [-0.05, 0) is 23.6 Å². The molecule has 10 heteroatoms. The van der Waals surface area contributed by atoms with E-state index in [1.165, 1.54) is 0 Å². The molecule has 0 aliphatic heterocycles. The summed E-state index contributed by atoms with van der Waals surface area (Å²) in [4.78, 5) is 29.5. The number of carbonyl (C=O) groups is 2. The second kappa shape index (κ2) is 16.1. The Kier molecular flexibility index (Phi) is 14.8. The molecule has 0 aromatic heterocycles. The molecule has 1 saturated carbocycles. The topological polar surface area (TPSA) is 81.3 Å². The number of halogens is 4. The van der Waals surface area contributed by atoms with E-state index in [-0.39, 0.29) is 23.0 Å². The molecule has 2 N–H and O–H groups in total. The van der Waals surface area contributed by atoms with Gasteiger partial charge in [-0.15, -0.1) is 46.4 Å². The molecule has 0 amide bonds. The second-order valence-electron chi connectivity index (χ2n) is 7.61. The molecule has 0 bridgehead atoms. The van der Waals surface area contributed by atoms with E-state index in [9.17, 15) is 9.59 Å². The largest absolute Gasteiger partial charge is 0.478 e. The van der Waals surface area contributed by atoms with E-state index < -0.39 is 5.92 Å². The van der Waals surface area contributed by atoms with Gasteiger partial charge in [0.1, 0.15) is 24.0 Å². The van der Waals surface area contributed by atoms with Crippen molar-refractivity contribution >= 4 is 58.0 Å². The van der Waals surface area contributed by atoms with Gasteiger partial charge in [0.15, 0.2) is 0 Å². The smallest absolute Gasteiger partial charge is 0.145 e. The van der Waals surface area contributed by atoms with Crippen LogP contribution in [0.4, 0.5) is 0 Å². The van der Waals surface area contributed by atoms with Crippen molar-refractivity contribution in [1.82, 2.24) is 9.80 Å². The van der Waals surface area contributed by atoms with E-state index >= 15 is 0 Å². The third kappa shape index (κ3) is 9.34. The van der Waals surface area contributed by atoms with Crippen LogP contribution in [0.5, 0.6) is 5.75 Å². The predicted octanol–water partition coefficient (Wildman–Crippen LogP) is 3.39. The quantitative estimate of drug-likeness (QED) is 0.209. The Hall–Kier alpha value is -0.600. The van der Waals surface area contributed by atoms with Crippen LogP contribution in [0.25, 0.3) is 0 Å². The number of nitrogens with zero attached hydrogens (tertiary/aromatic N) is 2. The van der Waals surface area contributed by atoms with Crippen LogP contribution >= 0.6 is 46.4 Å². The molecule has 0 unspecified atom stereocenters. The maximum Gasteiger partial charge on any atom is 0.145 e. The molecule has 1 aliphatic rings. The van der Waals surface area contributed by atoms with Gasteiger partial charge in [-0.1, -0.05) is 12.1 Å². The fourth-order valence-electron chi connectivity index (χ4n) is 3.73. The van der Waals surface area contributed by atoms with Crippen LogP contribution in [0.3, 0.4) is 0 Å². The van der Waals surface area contributed by atoms with Gasteiger partial charge in [-0.25, -0.2) is 0 Å². The normalized spacial score (nSPS) is 18.8. The maximum atomic E-state index is 12.7. The fourth-order valence-corrected chi connectivity index (χ4v) is 4.69. The summed E-state index contributed by atoms with van der Waals surface area (Å²) in [5, 5.41) is 0. The first-order chi connectivity index (χ1) is 15.0. The molecule has 32 heavy (non-hydrogen) atoms. The molecule has 1 aliphatic carbocycles. The van der Waals surface area contributed by atoms with Gasteiger partial charge in [0.05, 0.1) is 5.92 Å². The summed E-state index contributed by atoms with van der Waals surface area (Å²) in [7, 11) is 0. The molecule has 2 rings (SSSR count). The van der Waals surface area contributed by atoms with Crippen LogP contribution in [-0.4, -0.2) is 89.8 Å². The van der Waals surface area contributed by atoms with Crippen molar-refractivity contribution in [2.24, 2.45) is 5.92 Å². The minimum Gasteiger partial charge on any atom is -0.478 e. The molecule has 1 fully saturated rings. The molecular formula is C22H32Cl4N2O4. The SMILES string of the molecule is O.O=C1CC(c2ccc(OCN(CCCl)CCCl)cc2)CC(=O)C1CN(CCCl)CCCl. The van der Waals surface area contributed by atoms with E-state index in [1.54, 1.807) is 0 Å². The highest BCUT2D eigenvalue weighted by Crippen LogP contribution is 2.33. The molecule has 1 aromatic rings. The summed E-state index contributed by atoms with van der Waals surface area (Å²) >= 11 is 23.3. The molecule has 6 nitrogen and oxygen atoms in total. The summed E-state index contributed by atoms with van der Waals surface area (Å²) in [5.41, 5.74) is 0.976. The Labute approximate surface area is 210 Å². The van der Waals surface area contributed by atoms with Gasteiger partial charge in [0.2, 0.25) is 0 Å². The number of hydrogen-bond acceptors (Lipinski definition) is 5. The summed E-state index contributed by atoms with van der Waals surface area (Å²) in [5.74, 6) is 1.95. The Morgan fingerprint density at radius 3 is 1.72 bits per heavy atom. The Morgan fingerprint density at radius 2 is 1.25 bits per heavy atom. The zero-order valence-electron chi connectivity index (χ0n) is 18.1. The lowest BCUT2D eigenvalue weighted by atomic mass is 9.76. The van der Waals surface area contributed by atoms with Crippen LogP contribution < -0.4 is 4.74 Å². The molecule has 0 saturated heterocycles. The Bertz CT molecular complexity index is 663. The van der Waals surface area contributed by atoms with Gasteiger partial charge in [-0.3, -0.25) is 19.4 Å².